The van der Waals surface area contributed by atoms with Gasteiger partial charge in [-0.25, -0.2) is 4.98 Å². The zero-order valence-electron chi connectivity index (χ0n) is 9.56. The summed E-state index contributed by atoms with van der Waals surface area (Å²) in [6.07, 6.45) is 1.66. The Morgan fingerprint density at radius 2 is 2.06 bits per heavy atom. The van der Waals surface area contributed by atoms with Crippen LogP contribution in [0.3, 0.4) is 0 Å². The van der Waals surface area contributed by atoms with Crippen molar-refractivity contribution >= 4 is 28.3 Å². The molecule has 0 atom stereocenters. The highest BCUT2D eigenvalue weighted by atomic mass is 35.5. The number of fused-ring (bicyclic) bond motifs is 1. The molecule has 0 bridgehead atoms. The summed E-state index contributed by atoms with van der Waals surface area (Å²) < 4.78 is 5.70. The van der Waals surface area contributed by atoms with Crippen molar-refractivity contribution in [3.63, 3.8) is 0 Å². The van der Waals surface area contributed by atoms with Gasteiger partial charge in [0.05, 0.1) is 12.2 Å². The van der Waals surface area contributed by atoms with Crippen molar-refractivity contribution in [1.82, 2.24) is 4.98 Å². The summed E-state index contributed by atoms with van der Waals surface area (Å²) in [6, 6.07) is 13.7. The number of furan rings is 1. The van der Waals surface area contributed by atoms with Crippen LogP contribution in [-0.4, -0.2) is 4.98 Å². The first-order valence-electron chi connectivity index (χ1n) is 5.65. The Morgan fingerprint density at radius 1 is 1.17 bits per heavy atom. The van der Waals surface area contributed by atoms with Crippen LogP contribution in [0.5, 0.6) is 0 Å². The third kappa shape index (κ3) is 2.17. The first-order chi connectivity index (χ1) is 8.83. The predicted molar refractivity (Wildman–Crippen MR) is 72.8 cm³/mol. The molecule has 4 heteroatoms. The van der Waals surface area contributed by atoms with E-state index in [0.29, 0.717) is 11.7 Å². The minimum Gasteiger partial charge on any atom is -0.459 e. The summed E-state index contributed by atoms with van der Waals surface area (Å²) in [4.78, 5) is 4.01. The summed E-state index contributed by atoms with van der Waals surface area (Å²) in [7, 11) is 0. The fraction of sp³-hybridized carbons (Fsp3) is 0.0714. The van der Waals surface area contributed by atoms with Crippen molar-refractivity contribution in [2.75, 3.05) is 5.32 Å². The van der Waals surface area contributed by atoms with E-state index in [4.69, 9.17) is 16.0 Å². The van der Waals surface area contributed by atoms with Crippen LogP contribution in [0, 0.1) is 0 Å². The highest BCUT2D eigenvalue weighted by molar-refractivity contribution is 6.31. The Labute approximate surface area is 109 Å². The van der Waals surface area contributed by atoms with Gasteiger partial charge in [-0.1, -0.05) is 29.8 Å². The Bertz CT molecular complexity index is 645. The molecule has 2 aromatic heterocycles. The summed E-state index contributed by atoms with van der Waals surface area (Å²) in [6.45, 7) is 0.583. The first kappa shape index (κ1) is 11.1. The molecule has 0 aliphatic carbocycles. The molecule has 0 spiro atoms. The van der Waals surface area contributed by atoms with Crippen LogP contribution in [0.25, 0.3) is 11.0 Å². The SMILES string of the molecule is Clc1ncccc1NCc1cc2ccccc2o1. The van der Waals surface area contributed by atoms with Crippen LogP contribution in [0.1, 0.15) is 5.76 Å². The van der Waals surface area contributed by atoms with Crippen molar-refractivity contribution in [3.05, 3.63) is 59.6 Å². The number of benzene rings is 1. The molecule has 0 radical (unpaired) electrons. The molecular formula is C14H11ClN2O. The van der Waals surface area contributed by atoms with Gasteiger partial charge in [-0.15, -0.1) is 0 Å². The minimum atomic E-state index is 0.466. The van der Waals surface area contributed by atoms with E-state index in [-0.39, 0.29) is 0 Å². The minimum absolute atomic E-state index is 0.466. The van der Waals surface area contributed by atoms with Crippen LogP contribution >= 0.6 is 11.6 Å². The number of halogens is 1. The van der Waals surface area contributed by atoms with Crippen LogP contribution in [0.15, 0.2) is 53.1 Å². The number of nitrogens with one attached hydrogen (secondary N) is 1. The molecule has 0 amide bonds. The van der Waals surface area contributed by atoms with Gasteiger partial charge in [0.15, 0.2) is 5.15 Å². The van der Waals surface area contributed by atoms with Gasteiger partial charge in [-0.3, -0.25) is 0 Å². The van der Waals surface area contributed by atoms with Gasteiger partial charge in [0.1, 0.15) is 11.3 Å². The summed E-state index contributed by atoms with van der Waals surface area (Å²) in [5, 5.41) is 4.77. The third-order valence-electron chi connectivity index (χ3n) is 2.69. The molecular weight excluding hydrogens is 248 g/mol. The van der Waals surface area contributed by atoms with Crippen molar-refractivity contribution in [2.45, 2.75) is 6.54 Å². The number of para-hydroxylation sites is 1. The normalized spacial score (nSPS) is 10.7. The maximum Gasteiger partial charge on any atom is 0.152 e. The van der Waals surface area contributed by atoms with Gasteiger partial charge in [0.25, 0.3) is 0 Å². The van der Waals surface area contributed by atoms with E-state index in [9.17, 15) is 0 Å². The lowest BCUT2D eigenvalue weighted by atomic mass is 10.2. The lowest BCUT2D eigenvalue weighted by molar-refractivity contribution is 0.559. The van der Waals surface area contributed by atoms with Gasteiger partial charge < -0.3 is 9.73 Å². The standard InChI is InChI=1S/C14H11ClN2O/c15-14-12(5-3-7-16-14)17-9-11-8-10-4-1-2-6-13(10)18-11/h1-8,17H,9H2. The number of hydrogen-bond donors (Lipinski definition) is 1. The monoisotopic (exact) mass is 258 g/mol. The lowest BCUT2D eigenvalue weighted by Gasteiger charge is -2.04. The van der Waals surface area contributed by atoms with E-state index < -0.39 is 0 Å². The van der Waals surface area contributed by atoms with Gasteiger partial charge in [0, 0.05) is 11.6 Å². The third-order valence-corrected chi connectivity index (χ3v) is 2.99. The Kier molecular flexibility index (Phi) is 2.90. The van der Waals surface area contributed by atoms with E-state index in [1.54, 1.807) is 6.20 Å². The van der Waals surface area contributed by atoms with Crippen molar-refractivity contribution in [1.29, 1.82) is 0 Å². The Hall–Kier alpha value is -2.00. The van der Waals surface area contributed by atoms with Crippen LogP contribution < -0.4 is 5.32 Å². The molecule has 0 fully saturated rings. The highest BCUT2D eigenvalue weighted by Crippen LogP contribution is 2.22. The number of anilines is 1. The zero-order valence-corrected chi connectivity index (χ0v) is 10.3. The van der Waals surface area contributed by atoms with E-state index in [1.807, 2.05) is 42.5 Å². The molecule has 3 rings (SSSR count). The van der Waals surface area contributed by atoms with Gasteiger partial charge >= 0.3 is 0 Å². The Morgan fingerprint density at radius 3 is 2.89 bits per heavy atom. The van der Waals surface area contributed by atoms with E-state index >= 15 is 0 Å². The lowest BCUT2D eigenvalue weighted by Crippen LogP contribution is -1.99. The fourth-order valence-corrected chi connectivity index (χ4v) is 2.01. The summed E-state index contributed by atoms with van der Waals surface area (Å²) >= 11 is 5.96. The van der Waals surface area contributed by atoms with E-state index in [0.717, 1.165) is 22.4 Å². The average Bonchev–Trinajstić information content (AvgIpc) is 2.80. The summed E-state index contributed by atoms with van der Waals surface area (Å²) in [5.74, 6) is 0.871. The maximum absolute atomic E-state index is 5.96. The Balaban J connectivity index is 1.79. The second-order valence-corrected chi connectivity index (χ2v) is 4.30. The molecule has 1 aromatic carbocycles. The molecule has 0 saturated heterocycles. The number of aromatic nitrogens is 1. The van der Waals surface area contributed by atoms with Crippen LogP contribution in [0.4, 0.5) is 5.69 Å². The first-order valence-corrected chi connectivity index (χ1v) is 6.02. The number of pyridine rings is 1. The zero-order chi connectivity index (χ0) is 12.4. The van der Waals surface area contributed by atoms with Crippen LogP contribution in [-0.2, 0) is 6.54 Å². The largest absolute Gasteiger partial charge is 0.459 e. The molecule has 3 nitrogen and oxygen atoms in total. The van der Waals surface area contributed by atoms with Crippen molar-refractivity contribution in [3.8, 4) is 0 Å². The van der Waals surface area contributed by atoms with Gasteiger partial charge in [0.2, 0.25) is 0 Å². The molecule has 1 N–H and O–H groups in total. The van der Waals surface area contributed by atoms with Crippen molar-refractivity contribution in [2.24, 2.45) is 0 Å². The quantitative estimate of drug-likeness (QED) is 0.719. The smallest absolute Gasteiger partial charge is 0.152 e. The second-order valence-electron chi connectivity index (χ2n) is 3.95. The number of hydrogen-bond acceptors (Lipinski definition) is 3. The molecule has 0 aliphatic heterocycles. The second kappa shape index (κ2) is 4.70. The molecule has 0 aliphatic rings. The van der Waals surface area contributed by atoms with Crippen molar-refractivity contribution < 1.29 is 4.42 Å². The highest BCUT2D eigenvalue weighted by Gasteiger charge is 2.04. The fourth-order valence-electron chi connectivity index (χ4n) is 1.82. The molecule has 0 unspecified atom stereocenters. The maximum atomic E-state index is 5.96. The van der Waals surface area contributed by atoms with Gasteiger partial charge in [-0.2, -0.15) is 0 Å². The van der Waals surface area contributed by atoms with E-state index in [1.165, 1.54) is 0 Å². The van der Waals surface area contributed by atoms with E-state index in [2.05, 4.69) is 10.3 Å². The molecule has 2 heterocycles. The van der Waals surface area contributed by atoms with Gasteiger partial charge in [-0.05, 0) is 24.3 Å². The topological polar surface area (TPSA) is 38.1 Å². The summed E-state index contributed by atoms with van der Waals surface area (Å²) in [5.41, 5.74) is 1.70. The molecule has 3 aromatic rings. The molecule has 0 saturated carbocycles. The molecule has 90 valence electrons. The predicted octanol–water partition coefficient (Wildman–Crippen LogP) is 4.09. The average molecular weight is 259 g/mol. The number of rotatable bonds is 3. The van der Waals surface area contributed by atoms with Crippen LogP contribution in [0.2, 0.25) is 5.15 Å². The number of nitrogens with zero attached hydrogens (tertiary/aromatic N) is 1. The molecule has 18 heavy (non-hydrogen) atoms.